The second kappa shape index (κ2) is 10.0. The van der Waals surface area contributed by atoms with Crippen molar-refractivity contribution >= 4 is 40.9 Å². The summed E-state index contributed by atoms with van der Waals surface area (Å²) in [5.41, 5.74) is 2.35. The van der Waals surface area contributed by atoms with Crippen LogP contribution in [0.25, 0.3) is 17.1 Å². The average molecular weight is 470 g/mol. The number of esters is 1. The molecule has 0 aliphatic heterocycles. The summed E-state index contributed by atoms with van der Waals surface area (Å²) in [5, 5.41) is 10.2. The Morgan fingerprint density at radius 2 is 1.55 bits per heavy atom. The smallest absolute Gasteiger partial charge is 0.316 e. The summed E-state index contributed by atoms with van der Waals surface area (Å²) in [5.74, 6) is 0.276. The standard InChI is InChI=1S/C23H17Cl2N3O2S/c24-18-11-5-4-10-17(18)22-26-27-23(28(22)20-13-7-6-12-19(20)25)31-15-21(29)30-14-16-8-2-1-3-9-16/h1-13H,14-15H2. The number of thioether (sulfide) groups is 1. The number of nitrogens with zero attached hydrogens (tertiary/aromatic N) is 3. The van der Waals surface area contributed by atoms with Gasteiger partial charge in [0.05, 0.1) is 21.5 Å². The molecule has 0 fully saturated rings. The summed E-state index contributed by atoms with van der Waals surface area (Å²) in [6.45, 7) is 0.225. The largest absolute Gasteiger partial charge is 0.460 e. The minimum atomic E-state index is -0.346. The number of hydrogen-bond donors (Lipinski definition) is 0. The van der Waals surface area contributed by atoms with Crippen LogP contribution in [-0.2, 0) is 16.1 Å². The van der Waals surface area contributed by atoms with Gasteiger partial charge < -0.3 is 4.74 Å². The van der Waals surface area contributed by atoms with Gasteiger partial charge in [-0.3, -0.25) is 9.36 Å². The fourth-order valence-electron chi connectivity index (χ4n) is 2.93. The van der Waals surface area contributed by atoms with Crippen LogP contribution in [0.5, 0.6) is 0 Å². The van der Waals surface area contributed by atoms with Gasteiger partial charge in [-0.15, -0.1) is 10.2 Å². The highest BCUT2D eigenvalue weighted by molar-refractivity contribution is 7.99. The molecule has 0 saturated heterocycles. The first kappa shape index (κ1) is 21.4. The maximum Gasteiger partial charge on any atom is 0.316 e. The topological polar surface area (TPSA) is 57.0 Å². The number of hydrogen-bond acceptors (Lipinski definition) is 5. The highest BCUT2D eigenvalue weighted by Crippen LogP contribution is 2.34. The van der Waals surface area contributed by atoms with Crippen LogP contribution >= 0.6 is 35.0 Å². The molecule has 0 amide bonds. The van der Waals surface area contributed by atoms with E-state index in [4.69, 9.17) is 27.9 Å². The van der Waals surface area contributed by atoms with E-state index >= 15 is 0 Å². The van der Waals surface area contributed by atoms with E-state index < -0.39 is 0 Å². The predicted octanol–water partition coefficient (Wildman–Crippen LogP) is 6.08. The molecule has 0 saturated carbocycles. The normalized spacial score (nSPS) is 10.8. The number of ether oxygens (including phenoxy) is 1. The Labute approximate surface area is 194 Å². The lowest BCUT2D eigenvalue weighted by molar-refractivity contribution is -0.141. The zero-order chi connectivity index (χ0) is 21.6. The Balaban J connectivity index is 1.58. The average Bonchev–Trinajstić information content (AvgIpc) is 3.21. The van der Waals surface area contributed by atoms with Crippen LogP contribution in [0.15, 0.2) is 84.0 Å². The van der Waals surface area contributed by atoms with Crippen molar-refractivity contribution in [2.45, 2.75) is 11.8 Å². The highest BCUT2D eigenvalue weighted by atomic mass is 35.5. The number of para-hydroxylation sites is 1. The third kappa shape index (κ3) is 5.10. The van der Waals surface area contributed by atoms with Crippen molar-refractivity contribution < 1.29 is 9.53 Å². The maximum absolute atomic E-state index is 12.3. The van der Waals surface area contributed by atoms with Crippen LogP contribution in [0, 0.1) is 0 Å². The van der Waals surface area contributed by atoms with Gasteiger partial charge in [-0.2, -0.15) is 0 Å². The van der Waals surface area contributed by atoms with Crippen LogP contribution in [0.4, 0.5) is 0 Å². The Kier molecular flexibility index (Phi) is 6.92. The van der Waals surface area contributed by atoms with Gasteiger partial charge >= 0.3 is 5.97 Å². The SMILES string of the molecule is O=C(CSc1nnc(-c2ccccc2Cl)n1-c1ccccc1Cl)OCc1ccccc1. The lowest BCUT2D eigenvalue weighted by atomic mass is 10.2. The van der Waals surface area contributed by atoms with Crippen LogP contribution < -0.4 is 0 Å². The minimum absolute atomic E-state index is 0.0813. The molecule has 0 spiro atoms. The van der Waals surface area contributed by atoms with E-state index in [0.717, 1.165) is 11.1 Å². The van der Waals surface area contributed by atoms with E-state index in [1.807, 2.05) is 66.7 Å². The third-order valence-electron chi connectivity index (χ3n) is 4.40. The Morgan fingerprint density at radius 1 is 0.871 bits per heavy atom. The van der Waals surface area contributed by atoms with Gasteiger partial charge in [-0.05, 0) is 29.8 Å². The molecule has 0 unspecified atom stereocenters. The Morgan fingerprint density at radius 3 is 2.29 bits per heavy atom. The molecule has 156 valence electrons. The van der Waals surface area contributed by atoms with Crippen molar-refractivity contribution in [1.29, 1.82) is 0 Å². The molecule has 0 radical (unpaired) electrons. The fraction of sp³-hybridized carbons (Fsp3) is 0.0870. The van der Waals surface area contributed by atoms with E-state index in [0.29, 0.717) is 26.7 Å². The molecule has 0 atom stereocenters. The third-order valence-corrected chi connectivity index (χ3v) is 5.95. The molecule has 4 aromatic rings. The van der Waals surface area contributed by atoms with E-state index in [-0.39, 0.29) is 18.3 Å². The molecule has 31 heavy (non-hydrogen) atoms. The first-order valence-electron chi connectivity index (χ1n) is 9.41. The maximum atomic E-state index is 12.3. The lowest BCUT2D eigenvalue weighted by Gasteiger charge is -2.12. The molecule has 3 aromatic carbocycles. The summed E-state index contributed by atoms with van der Waals surface area (Å²) in [6, 6.07) is 24.3. The van der Waals surface area contributed by atoms with Gasteiger partial charge in [-0.1, -0.05) is 89.6 Å². The number of benzene rings is 3. The Bertz CT molecular complexity index is 1200. The quantitative estimate of drug-likeness (QED) is 0.242. The van der Waals surface area contributed by atoms with Crippen LogP contribution in [0.2, 0.25) is 10.0 Å². The molecule has 0 aliphatic rings. The zero-order valence-electron chi connectivity index (χ0n) is 16.2. The number of halogens is 2. The highest BCUT2D eigenvalue weighted by Gasteiger charge is 2.20. The van der Waals surface area contributed by atoms with Crippen molar-refractivity contribution in [2.75, 3.05) is 5.75 Å². The molecule has 0 N–H and O–H groups in total. The van der Waals surface area contributed by atoms with Gasteiger partial charge in [0.1, 0.15) is 6.61 Å². The molecular weight excluding hydrogens is 453 g/mol. The van der Waals surface area contributed by atoms with E-state index in [1.165, 1.54) is 11.8 Å². The van der Waals surface area contributed by atoms with Crippen molar-refractivity contribution in [2.24, 2.45) is 0 Å². The van der Waals surface area contributed by atoms with Crippen molar-refractivity contribution in [3.63, 3.8) is 0 Å². The molecule has 1 aromatic heterocycles. The van der Waals surface area contributed by atoms with Crippen molar-refractivity contribution in [1.82, 2.24) is 14.8 Å². The summed E-state index contributed by atoms with van der Waals surface area (Å²) in [6.07, 6.45) is 0. The van der Waals surface area contributed by atoms with Gasteiger partial charge in [0.25, 0.3) is 0 Å². The molecule has 0 aliphatic carbocycles. The van der Waals surface area contributed by atoms with E-state index in [9.17, 15) is 4.79 Å². The van der Waals surface area contributed by atoms with Crippen molar-refractivity contribution in [3.8, 4) is 17.1 Å². The second-order valence-corrected chi connectivity index (χ2v) is 8.26. The number of carbonyl (C=O) groups is 1. The summed E-state index contributed by atoms with van der Waals surface area (Å²) < 4.78 is 7.17. The van der Waals surface area contributed by atoms with Crippen LogP contribution in [0.1, 0.15) is 5.56 Å². The first-order valence-corrected chi connectivity index (χ1v) is 11.1. The van der Waals surface area contributed by atoms with Crippen molar-refractivity contribution in [3.05, 3.63) is 94.5 Å². The Hall–Kier alpha value is -2.80. The predicted molar refractivity (Wildman–Crippen MR) is 124 cm³/mol. The molecule has 8 heteroatoms. The second-order valence-electron chi connectivity index (χ2n) is 6.51. The molecule has 4 rings (SSSR count). The van der Waals surface area contributed by atoms with Crippen LogP contribution in [0.3, 0.4) is 0 Å². The van der Waals surface area contributed by atoms with E-state index in [1.54, 1.807) is 16.7 Å². The van der Waals surface area contributed by atoms with Gasteiger partial charge in [-0.25, -0.2) is 0 Å². The van der Waals surface area contributed by atoms with Gasteiger partial charge in [0.15, 0.2) is 11.0 Å². The number of aromatic nitrogens is 3. The number of rotatable bonds is 7. The molecule has 1 heterocycles. The fourth-order valence-corrected chi connectivity index (χ4v) is 4.12. The summed E-state index contributed by atoms with van der Waals surface area (Å²) >= 11 is 14.1. The van der Waals surface area contributed by atoms with E-state index in [2.05, 4.69) is 10.2 Å². The van der Waals surface area contributed by atoms with Gasteiger partial charge in [0, 0.05) is 5.56 Å². The monoisotopic (exact) mass is 469 g/mol. The summed E-state index contributed by atoms with van der Waals surface area (Å²) in [4.78, 5) is 12.3. The zero-order valence-corrected chi connectivity index (χ0v) is 18.6. The van der Waals surface area contributed by atoms with Gasteiger partial charge in [0.2, 0.25) is 0 Å². The molecule has 0 bridgehead atoms. The minimum Gasteiger partial charge on any atom is -0.460 e. The summed E-state index contributed by atoms with van der Waals surface area (Å²) in [7, 11) is 0. The number of carbonyl (C=O) groups excluding carboxylic acids is 1. The lowest BCUT2D eigenvalue weighted by Crippen LogP contribution is -2.08. The first-order chi connectivity index (χ1) is 15.1. The van der Waals surface area contributed by atoms with Crippen LogP contribution in [-0.4, -0.2) is 26.5 Å². The molecular formula is C23H17Cl2N3O2S. The molecule has 5 nitrogen and oxygen atoms in total.